The number of nitrogen functional groups attached to an aromatic ring is 1. The van der Waals surface area contributed by atoms with Crippen molar-refractivity contribution in [3.8, 4) is 0 Å². The Morgan fingerprint density at radius 3 is 2.95 bits per heavy atom. The quantitative estimate of drug-likeness (QED) is 0.743. The van der Waals surface area contributed by atoms with Crippen LogP contribution >= 0.6 is 24.0 Å². The molecule has 0 amide bonds. The van der Waals surface area contributed by atoms with Crippen LogP contribution in [0.3, 0.4) is 0 Å². The van der Waals surface area contributed by atoms with Gasteiger partial charge in [-0.3, -0.25) is 0 Å². The van der Waals surface area contributed by atoms with Gasteiger partial charge in [0.25, 0.3) is 0 Å². The summed E-state index contributed by atoms with van der Waals surface area (Å²) in [5, 5.41) is 3.49. The fourth-order valence-corrected chi connectivity index (χ4v) is 3.46. The Labute approximate surface area is 129 Å². The largest absolute Gasteiger partial charge is 0.383 e. The Hall–Kier alpha value is -0.600. The third-order valence-corrected chi connectivity index (χ3v) is 4.84. The Morgan fingerprint density at radius 2 is 2.30 bits per heavy atom. The van der Waals surface area contributed by atoms with E-state index in [4.69, 9.17) is 17.3 Å². The van der Waals surface area contributed by atoms with Crippen molar-refractivity contribution in [2.75, 3.05) is 25.4 Å². The molecule has 9 heteroatoms. The third kappa shape index (κ3) is 4.46. The highest BCUT2D eigenvalue weighted by Crippen LogP contribution is 2.20. The molecule has 0 spiro atoms. The average molecular weight is 341 g/mol. The van der Waals surface area contributed by atoms with Gasteiger partial charge in [0, 0.05) is 12.7 Å². The average Bonchev–Trinajstić information content (AvgIpc) is 2.85. The van der Waals surface area contributed by atoms with Crippen molar-refractivity contribution in [3.05, 3.63) is 17.3 Å². The molecular weight excluding hydrogens is 323 g/mol. The SMILES string of the molecule is Cl.Nc1ncc(Cl)cc1S(=O)(=O)NCCC1CCNC1. The van der Waals surface area contributed by atoms with Crippen molar-refractivity contribution in [2.45, 2.75) is 17.7 Å². The lowest BCUT2D eigenvalue weighted by molar-refractivity contribution is 0.519. The van der Waals surface area contributed by atoms with Crippen LogP contribution in [0.5, 0.6) is 0 Å². The zero-order chi connectivity index (χ0) is 13.9. The first-order chi connectivity index (χ1) is 8.99. The van der Waals surface area contributed by atoms with Crippen LogP contribution in [0.4, 0.5) is 5.82 Å². The van der Waals surface area contributed by atoms with Gasteiger partial charge >= 0.3 is 0 Å². The van der Waals surface area contributed by atoms with Gasteiger partial charge < -0.3 is 11.1 Å². The molecule has 1 fully saturated rings. The second kappa shape index (κ2) is 7.42. The number of nitrogens with one attached hydrogen (secondary N) is 2. The molecule has 0 bridgehead atoms. The summed E-state index contributed by atoms with van der Waals surface area (Å²) in [4.78, 5) is 3.68. The minimum absolute atomic E-state index is 0. The molecule has 6 nitrogen and oxygen atoms in total. The van der Waals surface area contributed by atoms with E-state index < -0.39 is 10.0 Å². The number of pyridine rings is 1. The molecular formula is C11H18Cl2N4O2S. The van der Waals surface area contributed by atoms with Crippen LogP contribution in [0.25, 0.3) is 0 Å². The molecule has 0 aromatic carbocycles. The van der Waals surface area contributed by atoms with E-state index in [-0.39, 0.29) is 28.1 Å². The first-order valence-electron chi connectivity index (χ1n) is 6.10. The molecule has 0 saturated carbocycles. The second-order valence-electron chi connectivity index (χ2n) is 4.58. The van der Waals surface area contributed by atoms with Crippen LogP contribution in [0, 0.1) is 5.92 Å². The number of nitrogens with two attached hydrogens (primary N) is 1. The van der Waals surface area contributed by atoms with Gasteiger partial charge in [0.1, 0.15) is 10.7 Å². The summed E-state index contributed by atoms with van der Waals surface area (Å²) in [6.45, 7) is 2.34. The molecule has 1 aliphatic heterocycles. The molecule has 4 N–H and O–H groups in total. The minimum atomic E-state index is -3.65. The van der Waals surface area contributed by atoms with E-state index in [1.54, 1.807) is 0 Å². The standard InChI is InChI=1S/C11H17ClN4O2S.ClH/c12-9-5-10(11(13)15-7-9)19(17,18)16-4-2-8-1-3-14-6-8;/h5,7-8,14,16H,1-4,6H2,(H2,13,15);1H. The fourth-order valence-electron chi connectivity index (χ4n) is 2.08. The van der Waals surface area contributed by atoms with E-state index in [0.717, 1.165) is 25.9 Å². The molecule has 2 rings (SSSR count). The molecule has 114 valence electrons. The Balaban J connectivity index is 0.00000200. The van der Waals surface area contributed by atoms with Crippen LogP contribution in [0.15, 0.2) is 17.2 Å². The lowest BCUT2D eigenvalue weighted by atomic mass is 10.1. The van der Waals surface area contributed by atoms with Crippen molar-refractivity contribution in [3.63, 3.8) is 0 Å². The first kappa shape index (κ1) is 17.5. The van der Waals surface area contributed by atoms with Crippen LogP contribution in [0.1, 0.15) is 12.8 Å². The van der Waals surface area contributed by atoms with Crippen LogP contribution in [-0.4, -0.2) is 33.0 Å². The maximum absolute atomic E-state index is 12.1. The number of aromatic nitrogens is 1. The van der Waals surface area contributed by atoms with Crippen molar-refractivity contribution in [1.82, 2.24) is 15.0 Å². The van der Waals surface area contributed by atoms with Gasteiger partial charge in [-0.25, -0.2) is 18.1 Å². The molecule has 1 aliphatic rings. The normalized spacial score (nSPS) is 18.8. The van der Waals surface area contributed by atoms with Crippen LogP contribution in [-0.2, 0) is 10.0 Å². The number of hydrogen-bond acceptors (Lipinski definition) is 5. The van der Waals surface area contributed by atoms with Gasteiger partial charge in [-0.15, -0.1) is 12.4 Å². The highest BCUT2D eigenvalue weighted by Gasteiger charge is 2.20. The number of hydrogen-bond donors (Lipinski definition) is 3. The molecule has 0 radical (unpaired) electrons. The Morgan fingerprint density at radius 1 is 1.55 bits per heavy atom. The highest BCUT2D eigenvalue weighted by molar-refractivity contribution is 7.89. The molecule has 1 saturated heterocycles. The molecule has 1 unspecified atom stereocenters. The highest BCUT2D eigenvalue weighted by atomic mass is 35.5. The number of halogens is 2. The predicted octanol–water partition coefficient (Wildman–Crippen LogP) is 1.02. The number of rotatable bonds is 5. The molecule has 1 aromatic rings. The summed E-state index contributed by atoms with van der Waals surface area (Å²) in [6, 6.07) is 1.31. The molecule has 0 aliphatic carbocycles. The maximum Gasteiger partial charge on any atom is 0.244 e. The van der Waals surface area contributed by atoms with Crippen LogP contribution < -0.4 is 15.8 Å². The fraction of sp³-hybridized carbons (Fsp3) is 0.545. The number of nitrogens with zero attached hydrogens (tertiary/aromatic N) is 1. The number of anilines is 1. The maximum atomic E-state index is 12.1. The smallest absolute Gasteiger partial charge is 0.244 e. The van der Waals surface area contributed by atoms with Crippen molar-refractivity contribution < 1.29 is 8.42 Å². The summed E-state index contributed by atoms with van der Waals surface area (Å²) in [5.74, 6) is 0.483. The van der Waals surface area contributed by atoms with Crippen molar-refractivity contribution in [1.29, 1.82) is 0 Å². The monoisotopic (exact) mass is 340 g/mol. The van der Waals surface area contributed by atoms with Crippen LogP contribution in [0.2, 0.25) is 5.02 Å². The molecule has 1 atom stereocenters. The summed E-state index contributed by atoms with van der Waals surface area (Å²) >= 11 is 5.74. The summed E-state index contributed by atoms with van der Waals surface area (Å²) in [6.07, 6.45) is 3.21. The topological polar surface area (TPSA) is 97.1 Å². The van der Waals surface area contributed by atoms with E-state index in [1.165, 1.54) is 12.3 Å². The van der Waals surface area contributed by atoms with E-state index >= 15 is 0 Å². The van der Waals surface area contributed by atoms with Gasteiger partial charge in [0.2, 0.25) is 10.0 Å². The first-order valence-corrected chi connectivity index (χ1v) is 7.96. The summed E-state index contributed by atoms with van der Waals surface area (Å²) in [7, 11) is -3.65. The molecule has 20 heavy (non-hydrogen) atoms. The zero-order valence-electron chi connectivity index (χ0n) is 10.8. The van der Waals surface area contributed by atoms with E-state index in [0.29, 0.717) is 12.5 Å². The Kier molecular flexibility index (Phi) is 6.47. The number of sulfonamides is 1. The second-order valence-corrected chi connectivity index (χ2v) is 6.75. The van der Waals surface area contributed by atoms with Crippen molar-refractivity contribution in [2.24, 2.45) is 5.92 Å². The van der Waals surface area contributed by atoms with E-state index in [2.05, 4.69) is 15.0 Å². The summed E-state index contributed by atoms with van der Waals surface area (Å²) in [5.41, 5.74) is 5.57. The molecule has 2 heterocycles. The minimum Gasteiger partial charge on any atom is -0.383 e. The lowest BCUT2D eigenvalue weighted by Gasteiger charge is -2.11. The van der Waals surface area contributed by atoms with Crippen molar-refractivity contribution >= 4 is 39.8 Å². The van der Waals surface area contributed by atoms with Gasteiger partial charge in [-0.05, 0) is 37.9 Å². The van der Waals surface area contributed by atoms with Gasteiger partial charge in [-0.1, -0.05) is 11.6 Å². The van der Waals surface area contributed by atoms with Gasteiger partial charge in [-0.2, -0.15) is 0 Å². The van der Waals surface area contributed by atoms with E-state index in [1.807, 2.05) is 0 Å². The van der Waals surface area contributed by atoms with Gasteiger partial charge in [0.05, 0.1) is 5.02 Å². The molecule has 1 aromatic heterocycles. The summed E-state index contributed by atoms with van der Waals surface area (Å²) < 4.78 is 26.7. The van der Waals surface area contributed by atoms with Gasteiger partial charge in [0.15, 0.2) is 0 Å². The predicted molar refractivity (Wildman–Crippen MR) is 81.7 cm³/mol. The van der Waals surface area contributed by atoms with E-state index in [9.17, 15) is 8.42 Å². The Bertz CT molecular complexity index is 547. The third-order valence-electron chi connectivity index (χ3n) is 3.14. The lowest BCUT2D eigenvalue weighted by Crippen LogP contribution is -2.27. The zero-order valence-corrected chi connectivity index (χ0v) is 13.2.